The summed E-state index contributed by atoms with van der Waals surface area (Å²) in [7, 11) is 1.64. The largest absolute Gasteiger partial charge is 0.496 e. The van der Waals surface area contributed by atoms with Crippen molar-refractivity contribution in [3.8, 4) is 11.8 Å². The van der Waals surface area contributed by atoms with Crippen LogP contribution in [-0.4, -0.2) is 49.1 Å². The molecule has 0 unspecified atom stereocenters. The minimum atomic E-state index is 0.108. The van der Waals surface area contributed by atoms with Crippen molar-refractivity contribution in [2.75, 3.05) is 38.2 Å². The van der Waals surface area contributed by atoms with Crippen molar-refractivity contribution >= 4 is 11.7 Å². The number of ether oxygens (including phenoxy) is 1. The lowest BCUT2D eigenvalue weighted by atomic mass is 10.1. The molecule has 0 spiro atoms. The van der Waals surface area contributed by atoms with Gasteiger partial charge in [-0.25, -0.2) is 4.98 Å². The van der Waals surface area contributed by atoms with Crippen molar-refractivity contribution < 1.29 is 9.53 Å². The van der Waals surface area contributed by atoms with E-state index in [1.54, 1.807) is 25.4 Å². The second kappa shape index (κ2) is 7.87. The maximum atomic E-state index is 12.6. The van der Waals surface area contributed by atoms with Crippen LogP contribution in [0.2, 0.25) is 0 Å². The van der Waals surface area contributed by atoms with Gasteiger partial charge in [0.1, 0.15) is 17.6 Å². The molecule has 1 aromatic heterocycles. The Hall–Kier alpha value is -3.07. The standard InChI is InChI=1S/C20H22N4O2/c1-15-5-6-16(12-18(15)26-2)13-19(25)23-8-10-24(11-9-23)20-17(14-21)4-3-7-22-20/h3-7,12H,8-11,13H2,1-2H3. The average molecular weight is 350 g/mol. The van der Waals surface area contributed by atoms with Crippen LogP contribution in [-0.2, 0) is 11.2 Å². The minimum Gasteiger partial charge on any atom is -0.496 e. The number of anilines is 1. The number of hydrogen-bond acceptors (Lipinski definition) is 5. The highest BCUT2D eigenvalue weighted by molar-refractivity contribution is 5.79. The van der Waals surface area contributed by atoms with Crippen LogP contribution in [0.4, 0.5) is 5.82 Å². The predicted octanol–water partition coefficient (Wildman–Crippen LogP) is 2.16. The number of carbonyl (C=O) groups is 1. The molecule has 1 aromatic carbocycles. The summed E-state index contributed by atoms with van der Waals surface area (Å²) in [5.41, 5.74) is 2.58. The third kappa shape index (κ3) is 3.77. The van der Waals surface area contributed by atoms with E-state index in [2.05, 4.69) is 16.0 Å². The van der Waals surface area contributed by atoms with Crippen molar-refractivity contribution in [1.29, 1.82) is 5.26 Å². The fraction of sp³-hybridized carbons (Fsp3) is 0.350. The van der Waals surface area contributed by atoms with Gasteiger partial charge in [-0.15, -0.1) is 0 Å². The number of aromatic nitrogens is 1. The van der Waals surface area contributed by atoms with Gasteiger partial charge >= 0.3 is 0 Å². The van der Waals surface area contributed by atoms with Crippen LogP contribution in [0.3, 0.4) is 0 Å². The quantitative estimate of drug-likeness (QED) is 0.845. The summed E-state index contributed by atoms with van der Waals surface area (Å²) < 4.78 is 5.33. The number of carbonyl (C=O) groups excluding carboxylic acids is 1. The molecule has 0 aliphatic carbocycles. The Labute approximate surface area is 153 Å². The van der Waals surface area contributed by atoms with E-state index < -0.39 is 0 Å². The molecule has 26 heavy (non-hydrogen) atoms. The molecule has 2 aromatic rings. The number of aryl methyl sites for hydroxylation is 1. The highest BCUT2D eigenvalue weighted by Gasteiger charge is 2.23. The fourth-order valence-corrected chi connectivity index (χ4v) is 3.16. The molecule has 1 saturated heterocycles. The molecular weight excluding hydrogens is 328 g/mol. The van der Waals surface area contributed by atoms with Crippen LogP contribution in [0.25, 0.3) is 0 Å². The van der Waals surface area contributed by atoms with Gasteiger partial charge in [0.2, 0.25) is 5.91 Å². The van der Waals surface area contributed by atoms with Gasteiger partial charge < -0.3 is 14.5 Å². The Morgan fingerprint density at radius 3 is 2.73 bits per heavy atom. The van der Waals surface area contributed by atoms with E-state index >= 15 is 0 Å². The number of piperazine rings is 1. The van der Waals surface area contributed by atoms with Crippen LogP contribution in [0, 0.1) is 18.3 Å². The molecule has 0 bridgehead atoms. The zero-order chi connectivity index (χ0) is 18.5. The molecule has 3 rings (SSSR count). The first kappa shape index (κ1) is 17.7. The van der Waals surface area contributed by atoms with Crippen LogP contribution in [0.1, 0.15) is 16.7 Å². The molecule has 0 saturated carbocycles. The first-order chi connectivity index (χ1) is 12.6. The summed E-state index contributed by atoms with van der Waals surface area (Å²) in [4.78, 5) is 20.9. The van der Waals surface area contributed by atoms with E-state index in [-0.39, 0.29) is 5.91 Å². The molecule has 1 amide bonds. The third-order valence-corrected chi connectivity index (χ3v) is 4.67. The lowest BCUT2D eigenvalue weighted by Gasteiger charge is -2.35. The SMILES string of the molecule is COc1cc(CC(=O)N2CCN(c3ncccc3C#N)CC2)ccc1C. The summed E-state index contributed by atoms with van der Waals surface area (Å²) in [5, 5.41) is 9.22. The van der Waals surface area contributed by atoms with E-state index in [1.807, 2.05) is 30.0 Å². The maximum absolute atomic E-state index is 12.6. The van der Waals surface area contributed by atoms with Gasteiger partial charge in [-0.3, -0.25) is 4.79 Å². The van der Waals surface area contributed by atoms with Gasteiger partial charge in [-0.1, -0.05) is 12.1 Å². The highest BCUT2D eigenvalue weighted by atomic mass is 16.5. The van der Waals surface area contributed by atoms with Crippen molar-refractivity contribution in [2.24, 2.45) is 0 Å². The summed E-state index contributed by atoms with van der Waals surface area (Å²) in [6, 6.07) is 11.6. The second-order valence-corrected chi connectivity index (χ2v) is 6.33. The van der Waals surface area contributed by atoms with Gasteiger partial charge in [0.05, 0.1) is 19.1 Å². The van der Waals surface area contributed by atoms with Gasteiger partial charge in [-0.05, 0) is 36.2 Å². The molecule has 1 fully saturated rings. The van der Waals surface area contributed by atoms with Gasteiger partial charge in [0, 0.05) is 32.4 Å². The number of nitriles is 1. The Kier molecular flexibility index (Phi) is 5.37. The highest BCUT2D eigenvalue weighted by Crippen LogP contribution is 2.21. The molecule has 0 N–H and O–H groups in total. The van der Waals surface area contributed by atoms with E-state index in [0.29, 0.717) is 44.0 Å². The lowest BCUT2D eigenvalue weighted by Crippen LogP contribution is -2.49. The topological polar surface area (TPSA) is 69.5 Å². The van der Waals surface area contributed by atoms with Crippen LogP contribution in [0.15, 0.2) is 36.5 Å². The third-order valence-electron chi connectivity index (χ3n) is 4.67. The molecular formula is C20H22N4O2. The number of nitrogens with zero attached hydrogens (tertiary/aromatic N) is 4. The van der Waals surface area contributed by atoms with Crippen molar-refractivity contribution in [2.45, 2.75) is 13.3 Å². The summed E-state index contributed by atoms with van der Waals surface area (Å²) in [6.07, 6.45) is 2.06. The fourth-order valence-electron chi connectivity index (χ4n) is 3.16. The molecule has 134 valence electrons. The second-order valence-electron chi connectivity index (χ2n) is 6.33. The minimum absolute atomic E-state index is 0.108. The van der Waals surface area contributed by atoms with Crippen LogP contribution < -0.4 is 9.64 Å². The van der Waals surface area contributed by atoms with E-state index in [4.69, 9.17) is 4.74 Å². The van der Waals surface area contributed by atoms with Crippen molar-refractivity contribution in [3.05, 3.63) is 53.2 Å². The average Bonchev–Trinajstić information content (AvgIpc) is 2.69. The molecule has 1 aliphatic heterocycles. The smallest absolute Gasteiger partial charge is 0.227 e. The van der Waals surface area contributed by atoms with Crippen molar-refractivity contribution in [3.63, 3.8) is 0 Å². The molecule has 1 aliphatic rings. The number of amides is 1. The Balaban J connectivity index is 1.61. The van der Waals surface area contributed by atoms with Crippen LogP contribution >= 0.6 is 0 Å². The Bertz CT molecular complexity index is 836. The zero-order valence-electron chi connectivity index (χ0n) is 15.1. The summed E-state index contributed by atoms with van der Waals surface area (Å²) in [6.45, 7) is 4.59. The molecule has 6 heteroatoms. The first-order valence-electron chi connectivity index (χ1n) is 8.63. The first-order valence-corrected chi connectivity index (χ1v) is 8.63. The normalized spacial score (nSPS) is 14.0. The summed E-state index contributed by atoms with van der Waals surface area (Å²) in [5.74, 6) is 1.61. The number of methoxy groups -OCH3 is 1. The molecule has 6 nitrogen and oxygen atoms in total. The number of benzene rings is 1. The maximum Gasteiger partial charge on any atom is 0.227 e. The lowest BCUT2D eigenvalue weighted by molar-refractivity contribution is -0.130. The number of pyridine rings is 1. The zero-order valence-corrected chi connectivity index (χ0v) is 15.1. The van der Waals surface area contributed by atoms with Crippen molar-refractivity contribution in [1.82, 2.24) is 9.88 Å². The van der Waals surface area contributed by atoms with E-state index in [1.165, 1.54) is 0 Å². The molecule has 0 atom stereocenters. The molecule has 0 radical (unpaired) electrons. The number of hydrogen-bond donors (Lipinski definition) is 0. The van der Waals surface area contributed by atoms with Gasteiger partial charge in [0.25, 0.3) is 0 Å². The molecule has 2 heterocycles. The monoisotopic (exact) mass is 350 g/mol. The van der Waals surface area contributed by atoms with E-state index in [9.17, 15) is 10.1 Å². The van der Waals surface area contributed by atoms with Gasteiger partial charge in [0.15, 0.2) is 0 Å². The predicted molar refractivity (Wildman–Crippen MR) is 99.2 cm³/mol. The van der Waals surface area contributed by atoms with Crippen LogP contribution in [0.5, 0.6) is 5.75 Å². The van der Waals surface area contributed by atoms with Gasteiger partial charge in [-0.2, -0.15) is 5.26 Å². The number of rotatable bonds is 4. The summed E-state index contributed by atoms with van der Waals surface area (Å²) >= 11 is 0. The Morgan fingerprint density at radius 1 is 1.27 bits per heavy atom. The van der Waals surface area contributed by atoms with E-state index in [0.717, 1.165) is 16.9 Å². The Morgan fingerprint density at radius 2 is 2.04 bits per heavy atom.